The van der Waals surface area contributed by atoms with Crippen LogP contribution in [0, 0.1) is 5.92 Å². The average Bonchev–Trinajstić information content (AvgIpc) is 3.18. The van der Waals surface area contributed by atoms with E-state index in [9.17, 15) is 22.8 Å². The molecule has 2 bridgehead atoms. The summed E-state index contributed by atoms with van der Waals surface area (Å²) >= 11 is 2.79. The van der Waals surface area contributed by atoms with Crippen molar-refractivity contribution >= 4 is 40.6 Å². The first-order valence-electron chi connectivity index (χ1n) is 9.57. The van der Waals surface area contributed by atoms with Crippen LogP contribution in [0.2, 0.25) is 0 Å². The number of nitrogens with one attached hydrogen (secondary N) is 2. The fraction of sp³-hybridized carbons (Fsp3) is 0.400. The highest BCUT2D eigenvalue weighted by molar-refractivity contribution is 8.01. The quantitative estimate of drug-likeness (QED) is 0.709. The van der Waals surface area contributed by atoms with Crippen LogP contribution < -0.4 is 10.6 Å². The fourth-order valence-electron chi connectivity index (χ4n) is 3.79. The van der Waals surface area contributed by atoms with Gasteiger partial charge in [-0.2, -0.15) is 13.2 Å². The number of benzene rings is 1. The van der Waals surface area contributed by atoms with E-state index >= 15 is 0 Å². The minimum atomic E-state index is -4.92. The molecule has 0 spiro atoms. The predicted octanol–water partition coefficient (Wildman–Crippen LogP) is 4.22. The number of hydrogen-bond acceptors (Lipinski definition) is 5. The van der Waals surface area contributed by atoms with Gasteiger partial charge in [0.05, 0.1) is 9.09 Å². The summed E-state index contributed by atoms with van der Waals surface area (Å²) in [6.45, 7) is 3.16. The molecule has 2 amide bonds. The van der Waals surface area contributed by atoms with Crippen molar-refractivity contribution in [2.45, 2.75) is 34.2 Å². The highest BCUT2D eigenvalue weighted by Crippen LogP contribution is 2.34. The lowest BCUT2D eigenvalue weighted by Gasteiger charge is -2.44. The fourth-order valence-corrected chi connectivity index (χ4v) is 5.80. The Morgan fingerprint density at radius 3 is 2.37 bits per heavy atom. The number of amides is 2. The molecule has 1 aromatic carbocycles. The third-order valence-corrected chi connectivity index (χ3v) is 7.59. The number of halogens is 3. The number of piperidine rings is 3. The Kier molecular flexibility index (Phi) is 6.08. The Morgan fingerprint density at radius 2 is 1.77 bits per heavy atom. The first-order valence-corrected chi connectivity index (χ1v) is 11.2. The van der Waals surface area contributed by atoms with Gasteiger partial charge in [-0.25, -0.2) is 0 Å². The molecule has 3 aliphatic heterocycles. The van der Waals surface area contributed by atoms with E-state index in [1.54, 1.807) is 18.2 Å². The smallest absolute Gasteiger partial charge is 0.347 e. The summed E-state index contributed by atoms with van der Waals surface area (Å²) < 4.78 is 37.8. The van der Waals surface area contributed by atoms with Crippen LogP contribution in [0.5, 0.6) is 0 Å². The van der Waals surface area contributed by atoms with E-state index < -0.39 is 12.1 Å². The largest absolute Gasteiger partial charge is 0.471 e. The average molecular weight is 456 g/mol. The van der Waals surface area contributed by atoms with Gasteiger partial charge in [0.15, 0.2) is 0 Å². The van der Waals surface area contributed by atoms with Crippen molar-refractivity contribution in [3.8, 4) is 0 Å². The van der Waals surface area contributed by atoms with Crippen LogP contribution in [0.4, 0.5) is 18.9 Å². The van der Waals surface area contributed by atoms with E-state index in [2.05, 4.69) is 10.2 Å². The molecule has 5 rings (SSSR count). The van der Waals surface area contributed by atoms with E-state index in [4.69, 9.17) is 0 Å². The third-order valence-electron chi connectivity index (χ3n) is 5.37. The number of anilines is 1. The van der Waals surface area contributed by atoms with Crippen LogP contribution >= 0.6 is 23.1 Å². The lowest BCUT2D eigenvalue weighted by Crippen LogP contribution is -2.57. The van der Waals surface area contributed by atoms with Crippen molar-refractivity contribution < 1.29 is 22.8 Å². The number of fused-ring (bicyclic) bond motifs is 3. The van der Waals surface area contributed by atoms with Crippen LogP contribution in [-0.4, -0.2) is 48.6 Å². The van der Waals surface area contributed by atoms with Crippen molar-refractivity contribution in [2.75, 3.05) is 25.0 Å². The van der Waals surface area contributed by atoms with Gasteiger partial charge in [0, 0.05) is 23.2 Å². The summed E-state index contributed by atoms with van der Waals surface area (Å²) in [5, 5.41) is 4.99. The Morgan fingerprint density at radius 1 is 1.07 bits per heavy atom. The number of thiophene rings is 1. The number of rotatable bonds is 5. The van der Waals surface area contributed by atoms with Gasteiger partial charge in [-0.1, -0.05) is 11.8 Å². The normalized spacial score (nSPS) is 23.2. The molecule has 5 nitrogen and oxygen atoms in total. The Balaban J connectivity index is 1.33. The first kappa shape index (κ1) is 21.2. The van der Waals surface area contributed by atoms with Gasteiger partial charge in [0.2, 0.25) is 0 Å². The van der Waals surface area contributed by atoms with Crippen LogP contribution in [0.15, 0.2) is 45.5 Å². The summed E-state index contributed by atoms with van der Waals surface area (Å²) in [7, 11) is 0. The number of alkyl halides is 3. The summed E-state index contributed by atoms with van der Waals surface area (Å²) in [4.78, 5) is 27.4. The molecule has 30 heavy (non-hydrogen) atoms. The molecule has 3 aliphatic rings. The molecule has 0 radical (unpaired) electrons. The van der Waals surface area contributed by atoms with E-state index in [-0.39, 0.29) is 17.6 Å². The number of carbonyl (C=O) groups is 2. The lowest BCUT2D eigenvalue weighted by molar-refractivity contribution is -0.167. The maximum absolute atomic E-state index is 12.6. The van der Waals surface area contributed by atoms with Crippen LogP contribution in [0.3, 0.4) is 0 Å². The van der Waals surface area contributed by atoms with Crippen molar-refractivity contribution in [1.82, 2.24) is 10.2 Å². The minimum Gasteiger partial charge on any atom is -0.347 e. The molecule has 0 saturated carbocycles. The zero-order valence-electron chi connectivity index (χ0n) is 15.9. The second kappa shape index (κ2) is 8.60. The van der Waals surface area contributed by atoms with E-state index in [0.717, 1.165) is 41.6 Å². The summed E-state index contributed by atoms with van der Waals surface area (Å²) in [6, 6.07) is 9.95. The van der Waals surface area contributed by atoms with E-state index in [0.29, 0.717) is 10.8 Å². The minimum absolute atomic E-state index is 0.0594. The predicted molar refractivity (Wildman–Crippen MR) is 110 cm³/mol. The van der Waals surface area contributed by atoms with E-state index in [1.807, 2.05) is 11.4 Å². The van der Waals surface area contributed by atoms with Crippen molar-refractivity contribution in [2.24, 2.45) is 5.92 Å². The van der Waals surface area contributed by atoms with Crippen LogP contribution in [0.1, 0.15) is 22.5 Å². The van der Waals surface area contributed by atoms with Crippen LogP contribution in [-0.2, 0) is 4.79 Å². The second-order valence-corrected chi connectivity index (χ2v) is 9.87. The Labute approximate surface area is 180 Å². The number of nitrogens with zero attached hydrogens (tertiary/aromatic N) is 1. The van der Waals surface area contributed by atoms with Gasteiger partial charge < -0.3 is 15.5 Å². The summed E-state index contributed by atoms with van der Waals surface area (Å²) in [5.41, 5.74) is 0.0745. The molecule has 2 aromatic rings. The molecule has 10 heteroatoms. The lowest BCUT2D eigenvalue weighted by atomic mass is 9.84. The Hall–Kier alpha value is -2.04. The maximum atomic E-state index is 12.6. The molecule has 1 aromatic heterocycles. The van der Waals surface area contributed by atoms with Gasteiger partial charge in [-0.05, 0) is 68.2 Å². The number of carbonyl (C=O) groups excluding carboxylic acids is 2. The molecule has 0 unspecified atom stereocenters. The monoisotopic (exact) mass is 455 g/mol. The third kappa shape index (κ3) is 4.98. The van der Waals surface area contributed by atoms with Crippen LogP contribution in [0.25, 0.3) is 0 Å². The molecular weight excluding hydrogens is 435 g/mol. The SMILES string of the molecule is O=C(N[C@H]1CN2CCC1CC2)c1ccc(Sc2ccc(NC(=O)C(F)(F)F)cc2)s1. The highest BCUT2D eigenvalue weighted by Gasteiger charge is 2.38. The van der Waals surface area contributed by atoms with Crippen molar-refractivity contribution in [1.29, 1.82) is 0 Å². The molecule has 4 heterocycles. The number of hydrogen-bond donors (Lipinski definition) is 2. The molecular formula is C20H20F3N3O2S2. The van der Waals surface area contributed by atoms with Crippen molar-refractivity contribution in [3.63, 3.8) is 0 Å². The topological polar surface area (TPSA) is 61.4 Å². The molecule has 2 N–H and O–H groups in total. The van der Waals surface area contributed by atoms with Crippen molar-refractivity contribution in [3.05, 3.63) is 41.3 Å². The van der Waals surface area contributed by atoms with Gasteiger partial charge in [-0.15, -0.1) is 11.3 Å². The second-order valence-electron chi connectivity index (χ2n) is 7.41. The van der Waals surface area contributed by atoms with Gasteiger partial charge >= 0.3 is 12.1 Å². The molecule has 160 valence electrons. The van der Waals surface area contributed by atoms with Gasteiger partial charge in [-0.3, -0.25) is 9.59 Å². The summed E-state index contributed by atoms with van der Waals surface area (Å²) in [5.74, 6) is -1.50. The Bertz CT molecular complexity index is 922. The summed E-state index contributed by atoms with van der Waals surface area (Å²) in [6.07, 6.45) is -2.65. The molecule has 0 aliphatic carbocycles. The molecule has 1 atom stereocenters. The van der Waals surface area contributed by atoms with Gasteiger partial charge in [0.25, 0.3) is 5.91 Å². The molecule has 3 fully saturated rings. The van der Waals surface area contributed by atoms with E-state index in [1.165, 1.54) is 35.2 Å². The highest BCUT2D eigenvalue weighted by atomic mass is 32.2. The molecule has 3 saturated heterocycles. The first-order chi connectivity index (χ1) is 14.3. The zero-order chi connectivity index (χ0) is 21.3. The maximum Gasteiger partial charge on any atom is 0.471 e. The van der Waals surface area contributed by atoms with Gasteiger partial charge in [0.1, 0.15) is 0 Å². The standard InChI is InChI=1S/C20H20F3N3O2S2/c21-20(22,23)19(28)24-13-1-3-14(4-2-13)29-17-6-5-16(30-17)18(27)25-15-11-26-9-7-12(15)8-10-26/h1-6,12,15H,7-11H2,(H,24,28)(H,25,27)/t15-/m0/s1. The zero-order valence-corrected chi connectivity index (χ0v) is 17.5.